The van der Waals surface area contributed by atoms with Gasteiger partial charge in [0.05, 0.1) is 10.0 Å². The monoisotopic (exact) mass is 1080 g/mol. The van der Waals surface area contributed by atoms with Crippen molar-refractivity contribution < 1.29 is 164 Å². The van der Waals surface area contributed by atoms with Gasteiger partial charge >= 0.3 is 51.4 Å². The van der Waals surface area contributed by atoms with Crippen LogP contribution < -0.4 is 51.4 Å². The third kappa shape index (κ3) is 10.7. The molecule has 0 radical (unpaired) electrons. The van der Waals surface area contributed by atoms with Crippen molar-refractivity contribution in [2.24, 2.45) is 0 Å². The van der Waals surface area contributed by atoms with E-state index in [9.17, 15) is 8.42 Å². The van der Waals surface area contributed by atoms with Gasteiger partial charge in [-0.25, -0.2) is 20.6 Å². The molecule has 0 aliphatic rings. The fraction of sp³-hybridized carbons (Fsp3) is 0.111. The molecule has 0 bridgehead atoms. The van der Waals surface area contributed by atoms with Crippen LogP contribution in [0.4, 0.5) is 0 Å². The summed E-state index contributed by atoms with van der Waals surface area (Å²) in [5.74, 6) is 0. The van der Waals surface area contributed by atoms with Gasteiger partial charge < -0.3 is 5.14 Å². The number of hydrogen-bond acceptors (Lipinski definition) is 2. The van der Waals surface area contributed by atoms with Crippen molar-refractivity contribution in [3.63, 3.8) is 0 Å². The molecule has 9 heteroatoms. The maximum absolute atomic E-state index is 10.9. The molecule has 1 aromatic rings. The zero-order chi connectivity index (χ0) is 10.2. The first kappa shape index (κ1) is 33.6. The summed E-state index contributed by atoms with van der Waals surface area (Å²) in [6, 6.07) is 2.99. The molecule has 1 rings (SSSR count). The molecule has 1 aromatic carbocycles. The molecule has 0 aliphatic heterocycles. The van der Waals surface area contributed by atoms with E-state index in [0.29, 0.717) is 16.7 Å². The number of benzene rings is 1. The number of sulfonamides is 1. The Labute approximate surface area is 228 Å². The molecular formula is C9H10KNO2SU2W2-2. The molecule has 0 saturated carbocycles. The van der Waals surface area contributed by atoms with Gasteiger partial charge in [0.15, 0.2) is 0 Å². The molecule has 0 fully saturated rings. The molecule has 0 heterocycles. The van der Waals surface area contributed by atoms with E-state index >= 15 is 0 Å². The van der Waals surface area contributed by atoms with E-state index < -0.39 is 10.0 Å². The predicted octanol–water partition coefficient (Wildman–Crippen LogP) is -0.901. The molecule has 0 saturated heterocycles. The van der Waals surface area contributed by atoms with E-state index in [1.807, 2.05) is 0 Å². The fourth-order valence-corrected chi connectivity index (χ4v) is 1.86. The van der Waals surface area contributed by atoms with E-state index in [2.05, 4.69) is 13.8 Å². The van der Waals surface area contributed by atoms with Crippen molar-refractivity contribution in [3.8, 4) is 0 Å². The van der Waals surface area contributed by atoms with Crippen LogP contribution in [0.1, 0.15) is 16.7 Å². The van der Waals surface area contributed by atoms with Crippen LogP contribution in [0.15, 0.2) is 17.0 Å². The summed E-state index contributed by atoms with van der Waals surface area (Å²) in [6.07, 6.45) is 0. The van der Waals surface area contributed by atoms with Crippen molar-refractivity contribution >= 4 is 10.0 Å². The van der Waals surface area contributed by atoms with Gasteiger partial charge in [-0.3, -0.25) is 25.0 Å². The van der Waals surface area contributed by atoms with Gasteiger partial charge in [-0.2, -0.15) is 0 Å². The predicted molar refractivity (Wildman–Crippen MR) is 51.6 cm³/mol. The molecule has 0 aromatic heterocycles. The second-order valence-electron chi connectivity index (χ2n) is 2.89. The minimum absolute atomic E-state index is 0. The quantitative estimate of drug-likeness (QED) is 0.271. The molecular weight excluding hydrogens is 1070 g/mol. The Morgan fingerprint density at radius 1 is 1.06 bits per heavy atom. The van der Waals surface area contributed by atoms with Crippen LogP contribution in [0.5, 0.6) is 0 Å². The summed E-state index contributed by atoms with van der Waals surface area (Å²) in [6.45, 7) is 8.95. The molecule has 0 unspecified atom stereocenters. The number of rotatable bonds is 1. The van der Waals surface area contributed by atoms with Crippen LogP contribution in [-0.4, -0.2) is 8.42 Å². The van der Waals surface area contributed by atoms with Gasteiger partial charge in [0, 0.05) is 104 Å². The van der Waals surface area contributed by atoms with Gasteiger partial charge in [-0.05, 0) is 4.90 Å². The van der Waals surface area contributed by atoms with E-state index in [0.717, 1.165) is 0 Å². The molecule has 0 amide bonds. The second kappa shape index (κ2) is 14.6. The normalized spacial score (nSPS) is 8.33. The van der Waals surface area contributed by atoms with E-state index in [-0.39, 0.29) is 161 Å². The van der Waals surface area contributed by atoms with Crippen molar-refractivity contribution in [2.45, 2.75) is 11.8 Å². The van der Waals surface area contributed by atoms with E-state index in [1.54, 1.807) is 13.0 Å². The Kier molecular flexibility index (Phi) is 27.2. The zero-order valence-corrected chi connectivity index (χ0v) is 28.2. The van der Waals surface area contributed by atoms with Crippen LogP contribution >= 0.6 is 0 Å². The molecule has 1 N–H and O–H groups in total. The van der Waals surface area contributed by atoms with Gasteiger partial charge in [-0.1, -0.05) is 6.92 Å². The summed E-state index contributed by atoms with van der Waals surface area (Å²) in [5, 5.41) is 6.90. The largest absolute Gasteiger partial charge is 1.00 e. The van der Waals surface area contributed by atoms with Crippen LogP contribution in [0.25, 0.3) is 5.14 Å². The fourth-order valence-electron chi connectivity index (χ4n) is 1.08. The Morgan fingerprint density at radius 3 is 1.72 bits per heavy atom. The minimum Gasteiger partial charge on any atom is -0.561 e. The van der Waals surface area contributed by atoms with E-state index in [1.165, 1.54) is 6.07 Å². The van der Waals surface area contributed by atoms with Crippen LogP contribution in [-0.2, 0) is 52.2 Å². The summed E-state index contributed by atoms with van der Waals surface area (Å²) in [5.41, 5.74) is 1.76. The first-order valence-corrected chi connectivity index (χ1v) is 5.09. The maximum atomic E-state index is 10.9. The smallest absolute Gasteiger partial charge is 0.561 e. The van der Waals surface area contributed by atoms with Crippen molar-refractivity contribution in [3.05, 3.63) is 47.8 Å². The van der Waals surface area contributed by atoms with Gasteiger partial charge in [-0.15, -0.1) is 5.56 Å². The maximum Gasteiger partial charge on any atom is 1.00 e. The molecule has 3 nitrogen and oxygen atoms in total. The van der Waals surface area contributed by atoms with Gasteiger partial charge in [0.25, 0.3) is 0 Å². The molecule has 0 spiro atoms. The van der Waals surface area contributed by atoms with Crippen LogP contribution in [0.3, 0.4) is 0 Å². The molecule has 0 atom stereocenters. The first-order chi connectivity index (χ1) is 5.82. The third-order valence-corrected chi connectivity index (χ3v) is 2.81. The Balaban J connectivity index is -0.000000113. The molecule has 0 aliphatic carbocycles. The van der Waals surface area contributed by atoms with Crippen molar-refractivity contribution in [2.75, 3.05) is 0 Å². The Bertz CT molecular complexity index is 458. The first-order valence-electron chi connectivity index (χ1n) is 3.60. The third-order valence-electron chi connectivity index (χ3n) is 1.79. The SMILES string of the molecule is [CH2-]c1cc(C)c(S([NH-])(=O)=O)cc1[CH2-].[K+].[U].[U].[W].[W]. The van der Waals surface area contributed by atoms with Gasteiger partial charge in [0.2, 0.25) is 0 Å². The van der Waals surface area contributed by atoms with Gasteiger partial charge in [0.1, 0.15) is 0 Å². The van der Waals surface area contributed by atoms with E-state index in [4.69, 9.17) is 5.14 Å². The Hall–Kier alpha value is 3.99. The van der Waals surface area contributed by atoms with Crippen molar-refractivity contribution in [1.82, 2.24) is 0 Å². The zero-order valence-electron chi connectivity index (χ0n) is 10.1. The topological polar surface area (TPSA) is 57.9 Å². The van der Waals surface area contributed by atoms with Crippen molar-refractivity contribution in [1.29, 1.82) is 0 Å². The number of nitrogens with one attached hydrogen (secondary N) is 1. The molecule has 18 heavy (non-hydrogen) atoms. The summed E-state index contributed by atoms with van der Waals surface area (Å²) < 4.78 is 21.9. The number of aryl methyl sites for hydroxylation is 1. The number of hydrogen-bond donors (Lipinski definition) is 0. The Morgan fingerprint density at radius 2 is 1.39 bits per heavy atom. The molecule has 92 valence electrons. The van der Waals surface area contributed by atoms with Crippen LogP contribution in [0, 0.1) is 83.0 Å². The summed E-state index contributed by atoms with van der Waals surface area (Å²) in [7, 11) is -3.89. The second-order valence-corrected chi connectivity index (χ2v) is 4.34. The average Bonchev–Trinajstić information content (AvgIpc) is 1.94. The average molecular weight is 1080 g/mol. The summed E-state index contributed by atoms with van der Waals surface area (Å²) in [4.78, 5) is 0.00454. The minimum atomic E-state index is -3.89. The van der Waals surface area contributed by atoms with Crippen LogP contribution in [0.2, 0.25) is 0 Å². The standard InChI is InChI=1S/C9H10NO2S.K.2U.2W/c1-6-4-8(3)9(5-7(6)2)13(10,11)12;;;;;/h4-5H,1-2H2,3H3,(H-,10,11,12);;;;;/q-3;+1;;;;. The summed E-state index contributed by atoms with van der Waals surface area (Å²) >= 11 is 0.